The molecule has 0 saturated heterocycles. The SMILES string of the molecule is COCCn1c(=NC(=O)COc2ccccc2OC)sc2cc(F)ccc21. The Labute approximate surface area is 159 Å². The van der Waals surface area contributed by atoms with Crippen molar-refractivity contribution >= 4 is 27.5 Å². The molecular formula is C19H19FN2O4S. The first-order chi connectivity index (χ1) is 13.1. The molecule has 0 aliphatic rings. The van der Waals surface area contributed by atoms with Gasteiger partial charge in [-0.15, -0.1) is 0 Å². The Morgan fingerprint density at radius 2 is 1.96 bits per heavy atom. The van der Waals surface area contributed by atoms with Crippen LogP contribution in [-0.4, -0.2) is 37.9 Å². The smallest absolute Gasteiger partial charge is 0.286 e. The zero-order valence-electron chi connectivity index (χ0n) is 15.0. The lowest BCUT2D eigenvalue weighted by atomic mass is 10.3. The van der Waals surface area contributed by atoms with E-state index in [9.17, 15) is 9.18 Å². The van der Waals surface area contributed by atoms with Gasteiger partial charge in [-0.3, -0.25) is 4.79 Å². The molecule has 27 heavy (non-hydrogen) atoms. The fraction of sp³-hybridized carbons (Fsp3) is 0.263. The maximum atomic E-state index is 13.5. The van der Waals surface area contributed by atoms with Gasteiger partial charge in [0.2, 0.25) is 0 Å². The van der Waals surface area contributed by atoms with Crippen molar-refractivity contribution in [3.63, 3.8) is 0 Å². The maximum absolute atomic E-state index is 13.5. The van der Waals surface area contributed by atoms with Gasteiger partial charge in [0, 0.05) is 13.7 Å². The van der Waals surface area contributed by atoms with Gasteiger partial charge in [0.25, 0.3) is 5.91 Å². The second kappa shape index (κ2) is 8.79. The minimum absolute atomic E-state index is 0.229. The van der Waals surface area contributed by atoms with Crippen LogP contribution in [0.25, 0.3) is 10.2 Å². The summed E-state index contributed by atoms with van der Waals surface area (Å²) in [5, 5.41) is 0. The van der Waals surface area contributed by atoms with E-state index in [1.165, 1.54) is 30.6 Å². The van der Waals surface area contributed by atoms with Crippen molar-refractivity contribution in [2.45, 2.75) is 6.54 Å². The van der Waals surface area contributed by atoms with Gasteiger partial charge in [-0.25, -0.2) is 4.39 Å². The van der Waals surface area contributed by atoms with Crippen LogP contribution in [0.4, 0.5) is 4.39 Å². The van der Waals surface area contributed by atoms with Crippen LogP contribution in [-0.2, 0) is 16.1 Å². The zero-order chi connectivity index (χ0) is 19.2. The highest BCUT2D eigenvalue weighted by Crippen LogP contribution is 2.25. The highest BCUT2D eigenvalue weighted by atomic mass is 32.1. The molecule has 2 aromatic carbocycles. The summed E-state index contributed by atoms with van der Waals surface area (Å²) in [4.78, 5) is 16.9. The summed E-state index contributed by atoms with van der Waals surface area (Å²) in [7, 11) is 3.13. The molecular weight excluding hydrogens is 371 g/mol. The van der Waals surface area contributed by atoms with E-state index in [4.69, 9.17) is 14.2 Å². The van der Waals surface area contributed by atoms with E-state index in [0.29, 0.717) is 34.2 Å². The van der Waals surface area contributed by atoms with Crippen molar-refractivity contribution in [1.29, 1.82) is 0 Å². The summed E-state index contributed by atoms with van der Waals surface area (Å²) >= 11 is 1.25. The van der Waals surface area contributed by atoms with E-state index >= 15 is 0 Å². The molecule has 0 spiro atoms. The largest absolute Gasteiger partial charge is 0.493 e. The monoisotopic (exact) mass is 390 g/mol. The minimum Gasteiger partial charge on any atom is -0.493 e. The number of nitrogens with zero attached hydrogens (tertiary/aromatic N) is 2. The van der Waals surface area contributed by atoms with Gasteiger partial charge in [0.15, 0.2) is 22.9 Å². The number of halogens is 1. The van der Waals surface area contributed by atoms with Crippen molar-refractivity contribution < 1.29 is 23.4 Å². The first-order valence-corrected chi connectivity index (χ1v) is 9.05. The molecule has 6 nitrogen and oxygen atoms in total. The fourth-order valence-electron chi connectivity index (χ4n) is 2.55. The molecule has 1 aromatic heterocycles. The molecule has 0 unspecified atom stereocenters. The molecule has 0 N–H and O–H groups in total. The average Bonchev–Trinajstić information content (AvgIpc) is 3.00. The topological polar surface area (TPSA) is 62.1 Å². The molecule has 8 heteroatoms. The third-order valence-corrected chi connectivity index (χ3v) is 4.85. The summed E-state index contributed by atoms with van der Waals surface area (Å²) in [5.41, 5.74) is 0.802. The average molecular weight is 390 g/mol. The molecule has 0 saturated carbocycles. The quantitative estimate of drug-likeness (QED) is 0.622. The molecule has 1 heterocycles. The number of hydrogen-bond acceptors (Lipinski definition) is 5. The molecule has 0 aliphatic heterocycles. The number of carbonyl (C=O) groups is 1. The van der Waals surface area contributed by atoms with E-state index in [1.54, 1.807) is 31.4 Å². The Balaban J connectivity index is 1.86. The molecule has 0 aliphatic carbocycles. The Morgan fingerprint density at radius 1 is 1.19 bits per heavy atom. The van der Waals surface area contributed by atoms with Crippen LogP contribution in [0.2, 0.25) is 0 Å². The highest BCUT2D eigenvalue weighted by molar-refractivity contribution is 7.16. The van der Waals surface area contributed by atoms with E-state index < -0.39 is 5.91 Å². The van der Waals surface area contributed by atoms with Gasteiger partial charge in [0.05, 0.1) is 23.9 Å². The van der Waals surface area contributed by atoms with Gasteiger partial charge >= 0.3 is 0 Å². The standard InChI is InChI=1S/C19H19FN2O4S/c1-24-10-9-22-14-8-7-13(20)11-17(14)27-19(22)21-18(23)12-26-16-6-4-3-5-15(16)25-2/h3-8,11H,9-10,12H2,1-2H3. The molecule has 3 rings (SSSR count). The highest BCUT2D eigenvalue weighted by Gasteiger charge is 2.10. The first kappa shape index (κ1) is 19.1. The number of hydrogen-bond donors (Lipinski definition) is 0. The Hall–Kier alpha value is -2.71. The Kier molecular flexibility index (Phi) is 6.20. The molecule has 0 atom stereocenters. The predicted molar refractivity (Wildman–Crippen MR) is 101 cm³/mol. The number of benzene rings is 2. The molecule has 1 amide bonds. The van der Waals surface area contributed by atoms with Crippen LogP contribution in [0.3, 0.4) is 0 Å². The van der Waals surface area contributed by atoms with Gasteiger partial charge in [-0.1, -0.05) is 23.5 Å². The normalized spacial score (nSPS) is 11.7. The van der Waals surface area contributed by atoms with Crippen molar-refractivity contribution in [3.05, 3.63) is 53.1 Å². The van der Waals surface area contributed by atoms with Crippen LogP contribution in [0.5, 0.6) is 11.5 Å². The number of amides is 1. The number of carbonyl (C=O) groups excluding carboxylic acids is 1. The van der Waals surface area contributed by atoms with Crippen LogP contribution in [0.1, 0.15) is 0 Å². The molecule has 0 fully saturated rings. The molecule has 0 radical (unpaired) electrons. The lowest BCUT2D eigenvalue weighted by molar-refractivity contribution is -0.120. The Morgan fingerprint density at radius 3 is 2.70 bits per heavy atom. The number of fused-ring (bicyclic) bond motifs is 1. The number of para-hydroxylation sites is 2. The van der Waals surface area contributed by atoms with Crippen molar-refractivity contribution in [2.24, 2.45) is 4.99 Å². The summed E-state index contributed by atoms with van der Waals surface area (Å²) in [6.45, 7) is 0.719. The second-order valence-electron chi connectivity index (χ2n) is 5.59. The number of methoxy groups -OCH3 is 2. The summed E-state index contributed by atoms with van der Waals surface area (Å²) < 4.78 is 31.9. The fourth-order valence-corrected chi connectivity index (χ4v) is 3.65. The van der Waals surface area contributed by atoms with E-state index in [2.05, 4.69) is 4.99 Å². The molecule has 142 valence electrons. The number of ether oxygens (including phenoxy) is 3. The van der Waals surface area contributed by atoms with Crippen molar-refractivity contribution in [2.75, 3.05) is 27.4 Å². The number of rotatable bonds is 7. The van der Waals surface area contributed by atoms with Crippen molar-refractivity contribution in [3.8, 4) is 11.5 Å². The van der Waals surface area contributed by atoms with E-state index in [0.717, 1.165) is 5.52 Å². The van der Waals surface area contributed by atoms with Gasteiger partial charge < -0.3 is 18.8 Å². The van der Waals surface area contributed by atoms with E-state index in [1.807, 2.05) is 10.6 Å². The number of thiazole rings is 1. The Bertz CT molecular complexity index is 1010. The lowest BCUT2D eigenvalue weighted by Crippen LogP contribution is -2.21. The zero-order valence-corrected chi connectivity index (χ0v) is 15.8. The summed E-state index contributed by atoms with van der Waals surface area (Å²) in [6.07, 6.45) is 0. The van der Waals surface area contributed by atoms with Crippen LogP contribution >= 0.6 is 11.3 Å². The van der Waals surface area contributed by atoms with E-state index in [-0.39, 0.29) is 12.4 Å². The molecule has 3 aromatic rings. The second-order valence-corrected chi connectivity index (χ2v) is 6.60. The van der Waals surface area contributed by atoms with Gasteiger partial charge in [-0.2, -0.15) is 4.99 Å². The number of aromatic nitrogens is 1. The van der Waals surface area contributed by atoms with Gasteiger partial charge in [0.1, 0.15) is 5.82 Å². The third-order valence-electron chi connectivity index (χ3n) is 3.80. The summed E-state index contributed by atoms with van der Waals surface area (Å²) in [6, 6.07) is 11.5. The molecule has 0 bridgehead atoms. The predicted octanol–water partition coefficient (Wildman–Crippen LogP) is 3.00. The minimum atomic E-state index is -0.445. The van der Waals surface area contributed by atoms with Crippen LogP contribution in [0, 0.1) is 5.82 Å². The van der Waals surface area contributed by atoms with Crippen LogP contribution in [0.15, 0.2) is 47.5 Å². The first-order valence-electron chi connectivity index (χ1n) is 8.23. The maximum Gasteiger partial charge on any atom is 0.286 e. The van der Waals surface area contributed by atoms with Gasteiger partial charge in [-0.05, 0) is 30.3 Å². The van der Waals surface area contributed by atoms with Crippen molar-refractivity contribution in [1.82, 2.24) is 4.57 Å². The summed E-state index contributed by atoms with van der Waals surface area (Å²) in [5.74, 6) is 0.228. The van der Waals surface area contributed by atoms with Crippen LogP contribution < -0.4 is 14.3 Å². The lowest BCUT2D eigenvalue weighted by Gasteiger charge is -2.08. The third kappa shape index (κ3) is 4.53.